The number of hydroxylamine groups is 1. The van der Waals surface area contributed by atoms with Gasteiger partial charge in [0.15, 0.2) is 0 Å². The number of amides is 1. The zero-order chi connectivity index (χ0) is 23.3. The topological polar surface area (TPSA) is 113 Å². The summed E-state index contributed by atoms with van der Waals surface area (Å²) >= 11 is 0. The van der Waals surface area contributed by atoms with E-state index in [0.29, 0.717) is 17.7 Å². The van der Waals surface area contributed by atoms with Crippen LogP contribution in [0.4, 0.5) is 5.69 Å². The number of benzene rings is 2. The van der Waals surface area contributed by atoms with Gasteiger partial charge in [-0.05, 0) is 52.8 Å². The molecule has 8 heteroatoms. The first-order valence-corrected chi connectivity index (χ1v) is 11.9. The second kappa shape index (κ2) is 10.3. The summed E-state index contributed by atoms with van der Waals surface area (Å²) in [6.45, 7) is 11.4. The maximum atomic E-state index is 13.8. The SMILES string of the molecule is C=CC(c1ccc2ccc(N)cc2c1)S(=O)(=O)N(CCC(C)C)C(C(=O)NO)C(C)C. The maximum Gasteiger partial charge on any atom is 0.262 e. The molecule has 0 saturated heterocycles. The lowest BCUT2D eigenvalue weighted by Gasteiger charge is -2.34. The summed E-state index contributed by atoms with van der Waals surface area (Å²) in [5, 5.41) is 9.95. The summed E-state index contributed by atoms with van der Waals surface area (Å²) in [4.78, 5) is 12.4. The molecule has 0 bridgehead atoms. The van der Waals surface area contributed by atoms with Gasteiger partial charge in [0.05, 0.1) is 0 Å². The van der Waals surface area contributed by atoms with Crippen molar-refractivity contribution in [2.45, 2.75) is 45.4 Å². The van der Waals surface area contributed by atoms with E-state index in [9.17, 15) is 18.4 Å². The van der Waals surface area contributed by atoms with E-state index >= 15 is 0 Å². The molecule has 2 rings (SSSR count). The molecule has 0 heterocycles. The first-order chi connectivity index (χ1) is 14.5. The van der Waals surface area contributed by atoms with Crippen molar-refractivity contribution in [1.82, 2.24) is 9.79 Å². The number of hydrogen-bond donors (Lipinski definition) is 3. The van der Waals surface area contributed by atoms with Crippen molar-refractivity contribution >= 4 is 32.4 Å². The average molecular weight is 448 g/mol. The third kappa shape index (κ3) is 5.64. The van der Waals surface area contributed by atoms with Gasteiger partial charge in [-0.2, -0.15) is 4.31 Å². The molecule has 0 aliphatic rings. The van der Waals surface area contributed by atoms with Gasteiger partial charge >= 0.3 is 0 Å². The number of nitrogens with zero attached hydrogens (tertiary/aromatic N) is 1. The van der Waals surface area contributed by atoms with Crippen LogP contribution in [-0.2, 0) is 14.8 Å². The standard InChI is InChI=1S/C23H33N3O4S/c1-6-21(18-8-7-17-9-10-20(24)14-19(17)13-18)31(29,30)26(12-11-15(2)3)22(16(4)5)23(27)25-28/h6-10,13-16,21-22,28H,1,11-12,24H2,2-5H3,(H,25,27). The molecule has 0 fully saturated rings. The number of carbonyl (C=O) groups excluding carboxylic acids is 1. The molecule has 7 nitrogen and oxygen atoms in total. The van der Waals surface area contributed by atoms with Gasteiger partial charge < -0.3 is 5.73 Å². The molecule has 0 saturated carbocycles. The van der Waals surface area contributed by atoms with E-state index in [1.807, 2.05) is 26.0 Å². The van der Waals surface area contributed by atoms with Gasteiger partial charge in [0.25, 0.3) is 5.91 Å². The molecule has 0 aliphatic carbocycles. The number of nitrogen functional groups attached to an aromatic ring is 1. The summed E-state index contributed by atoms with van der Waals surface area (Å²) in [7, 11) is -4.03. The Labute approximate surface area is 184 Å². The quantitative estimate of drug-likeness (QED) is 0.222. The lowest BCUT2D eigenvalue weighted by Crippen LogP contribution is -2.53. The van der Waals surface area contributed by atoms with E-state index in [1.54, 1.807) is 43.6 Å². The number of carbonyl (C=O) groups is 1. The van der Waals surface area contributed by atoms with E-state index in [0.717, 1.165) is 10.8 Å². The molecule has 2 atom stereocenters. The van der Waals surface area contributed by atoms with Crippen LogP contribution in [0.25, 0.3) is 10.8 Å². The highest BCUT2D eigenvalue weighted by Gasteiger charge is 2.40. The van der Waals surface area contributed by atoms with Crippen LogP contribution in [-0.4, -0.2) is 36.4 Å². The van der Waals surface area contributed by atoms with Crippen molar-refractivity contribution in [2.75, 3.05) is 12.3 Å². The van der Waals surface area contributed by atoms with Crippen molar-refractivity contribution in [3.05, 3.63) is 54.6 Å². The zero-order valence-electron chi connectivity index (χ0n) is 18.6. The molecule has 31 heavy (non-hydrogen) atoms. The van der Waals surface area contributed by atoms with Gasteiger partial charge in [0.2, 0.25) is 10.0 Å². The number of fused-ring (bicyclic) bond motifs is 1. The maximum absolute atomic E-state index is 13.8. The molecule has 170 valence electrons. The van der Waals surface area contributed by atoms with Gasteiger partial charge in [-0.3, -0.25) is 10.0 Å². The Kier molecular flexibility index (Phi) is 8.22. The Morgan fingerprint density at radius 3 is 2.35 bits per heavy atom. The van der Waals surface area contributed by atoms with Crippen LogP contribution in [0.3, 0.4) is 0 Å². The molecular formula is C23H33N3O4S. The number of hydrogen-bond acceptors (Lipinski definition) is 5. The molecule has 1 amide bonds. The molecule has 2 aromatic carbocycles. The smallest absolute Gasteiger partial charge is 0.262 e. The zero-order valence-corrected chi connectivity index (χ0v) is 19.4. The van der Waals surface area contributed by atoms with Crippen LogP contribution >= 0.6 is 0 Å². The second-order valence-corrected chi connectivity index (χ2v) is 10.5. The Balaban J connectivity index is 2.59. The van der Waals surface area contributed by atoms with Crippen LogP contribution in [0.5, 0.6) is 0 Å². The van der Waals surface area contributed by atoms with Gasteiger partial charge in [-0.1, -0.05) is 52.0 Å². The van der Waals surface area contributed by atoms with Gasteiger partial charge in [-0.25, -0.2) is 13.9 Å². The van der Waals surface area contributed by atoms with Gasteiger partial charge in [0, 0.05) is 12.2 Å². The third-order valence-electron chi connectivity index (χ3n) is 5.33. The normalized spacial score (nSPS) is 14.2. The van der Waals surface area contributed by atoms with E-state index in [4.69, 9.17) is 5.73 Å². The fourth-order valence-corrected chi connectivity index (χ4v) is 5.72. The van der Waals surface area contributed by atoms with E-state index in [2.05, 4.69) is 6.58 Å². The Hall–Kier alpha value is -2.42. The molecule has 0 aromatic heterocycles. The molecule has 4 N–H and O–H groups in total. The number of rotatable bonds is 10. The van der Waals surface area contributed by atoms with Crippen molar-refractivity contribution in [2.24, 2.45) is 11.8 Å². The molecular weight excluding hydrogens is 414 g/mol. The number of nitrogens with one attached hydrogen (secondary N) is 1. The highest BCUT2D eigenvalue weighted by Crippen LogP contribution is 2.32. The minimum atomic E-state index is -4.03. The summed E-state index contributed by atoms with van der Waals surface area (Å²) in [5.41, 5.74) is 8.64. The van der Waals surface area contributed by atoms with Crippen LogP contribution in [0.15, 0.2) is 49.1 Å². The summed E-state index contributed by atoms with van der Waals surface area (Å²) in [5.74, 6) is -0.874. The first-order valence-electron chi connectivity index (χ1n) is 10.4. The van der Waals surface area contributed by atoms with E-state index < -0.39 is 27.2 Å². The fraction of sp³-hybridized carbons (Fsp3) is 0.435. The Bertz CT molecular complexity index is 1030. The van der Waals surface area contributed by atoms with Crippen molar-refractivity contribution < 1.29 is 18.4 Å². The van der Waals surface area contributed by atoms with Crippen LogP contribution in [0, 0.1) is 11.8 Å². The van der Waals surface area contributed by atoms with Gasteiger partial charge in [-0.15, -0.1) is 6.58 Å². The van der Waals surface area contributed by atoms with Crippen LogP contribution in [0.1, 0.15) is 44.9 Å². The summed E-state index contributed by atoms with van der Waals surface area (Å²) < 4.78 is 28.8. The van der Waals surface area contributed by atoms with Crippen molar-refractivity contribution in [3.8, 4) is 0 Å². The Morgan fingerprint density at radius 1 is 1.16 bits per heavy atom. The molecule has 2 unspecified atom stereocenters. The second-order valence-electron chi connectivity index (χ2n) is 8.53. The number of nitrogens with two attached hydrogens (primary N) is 1. The highest BCUT2D eigenvalue weighted by atomic mass is 32.2. The van der Waals surface area contributed by atoms with Crippen LogP contribution in [0.2, 0.25) is 0 Å². The monoisotopic (exact) mass is 447 g/mol. The molecule has 0 radical (unpaired) electrons. The Morgan fingerprint density at radius 2 is 1.81 bits per heavy atom. The average Bonchev–Trinajstić information content (AvgIpc) is 2.69. The van der Waals surface area contributed by atoms with Crippen LogP contribution < -0.4 is 11.2 Å². The molecule has 0 aliphatic heterocycles. The number of sulfonamides is 1. The number of anilines is 1. The van der Waals surface area contributed by atoms with Crippen molar-refractivity contribution in [3.63, 3.8) is 0 Å². The predicted octanol–water partition coefficient (Wildman–Crippen LogP) is 3.86. The first kappa shape index (κ1) is 24.8. The van der Waals surface area contributed by atoms with E-state index in [-0.39, 0.29) is 18.4 Å². The molecule has 2 aromatic rings. The molecule has 0 spiro atoms. The lowest BCUT2D eigenvalue weighted by atomic mass is 10.0. The minimum absolute atomic E-state index is 0.154. The minimum Gasteiger partial charge on any atom is -0.399 e. The van der Waals surface area contributed by atoms with Gasteiger partial charge in [0.1, 0.15) is 11.3 Å². The summed E-state index contributed by atoms with van der Waals surface area (Å²) in [6.07, 6.45) is 1.94. The predicted molar refractivity (Wildman–Crippen MR) is 125 cm³/mol. The van der Waals surface area contributed by atoms with Crippen molar-refractivity contribution in [1.29, 1.82) is 0 Å². The lowest BCUT2D eigenvalue weighted by molar-refractivity contribution is -0.134. The third-order valence-corrected chi connectivity index (χ3v) is 7.50. The largest absolute Gasteiger partial charge is 0.399 e. The summed E-state index contributed by atoms with van der Waals surface area (Å²) in [6, 6.07) is 9.78. The fourth-order valence-electron chi connectivity index (χ4n) is 3.68. The van der Waals surface area contributed by atoms with E-state index in [1.165, 1.54) is 10.4 Å². The highest BCUT2D eigenvalue weighted by molar-refractivity contribution is 7.89.